The Labute approximate surface area is 164 Å². The molecule has 1 fully saturated rings. The molecule has 2 heterocycles. The van der Waals surface area contributed by atoms with Crippen molar-refractivity contribution in [1.29, 1.82) is 0 Å². The zero-order valence-electron chi connectivity index (χ0n) is 15.6. The van der Waals surface area contributed by atoms with E-state index in [0.717, 1.165) is 30.7 Å². The number of rotatable bonds is 3. The van der Waals surface area contributed by atoms with Crippen molar-refractivity contribution in [1.82, 2.24) is 0 Å². The fourth-order valence-corrected chi connectivity index (χ4v) is 4.52. The quantitative estimate of drug-likeness (QED) is 0.712. The lowest BCUT2D eigenvalue weighted by Gasteiger charge is -2.43. The molecule has 27 heavy (non-hydrogen) atoms. The summed E-state index contributed by atoms with van der Waals surface area (Å²) in [5.41, 5.74) is 5.04. The lowest BCUT2D eigenvalue weighted by atomic mass is 9.77. The molecule has 0 amide bonds. The van der Waals surface area contributed by atoms with Gasteiger partial charge in [0.1, 0.15) is 0 Å². The first-order valence-corrected chi connectivity index (χ1v) is 9.91. The van der Waals surface area contributed by atoms with Gasteiger partial charge in [-0.2, -0.15) is 0 Å². The van der Waals surface area contributed by atoms with Crippen molar-refractivity contribution in [3.63, 3.8) is 0 Å². The summed E-state index contributed by atoms with van der Waals surface area (Å²) in [6.45, 7) is 5.04. The van der Waals surface area contributed by atoms with Gasteiger partial charge in [0.25, 0.3) is 0 Å². The van der Waals surface area contributed by atoms with Gasteiger partial charge in [-0.15, -0.1) is 0 Å². The van der Waals surface area contributed by atoms with Crippen LogP contribution in [0.15, 0.2) is 36.4 Å². The molecule has 5 heteroatoms. The number of benzene rings is 2. The van der Waals surface area contributed by atoms with Gasteiger partial charge >= 0.3 is 5.97 Å². The fraction of sp³-hybridized carbons (Fsp3) is 0.409. The number of aryl methyl sites for hydroxylation is 1. The Hall–Kier alpha value is -2.04. The van der Waals surface area contributed by atoms with Crippen molar-refractivity contribution >= 4 is 23.3 Å². The molecule has 0 spiro atoms. The lowest BCUT2D eigenvalue weighted by molar-refractivity contribution is -0.0381. The van der Waals surface area contributed by atoms with Gasteiger partial charge < -0.3 is 14.8 Å². The Morgan fingerprint density at radius 1 is 1.26 bits per heavy atom. The normalized spacial score (nSPS) is 23.7. The van der Waals surface area contributed by atoms with E-state index in [1.165, 1.54) is 11.1 Å². The third kappa shape index (κ3) is 3.44. The van der Waals surface area contributed by atoms with Crippen LogP contribution in [0.1, 0.15) is 59.0 Å². The third-order valence-corrected chi connectivity index (χ3v) is 5.79. The van der Waals surface area contributed by atoms with Gasteiger partial charge in [-0.25, -0.2) is 4.79 Å². The molecule has 4 rings (SSSR count). The van der Waals surface area contributed by atoms with Crippen LogP contribution in [-0.2, 0) is 9.47 Å². The van der Waals surface area contributed by atoms with Gasteiger partial charge in [0.05, 0.1) is 24.3 Å². The summed E-state index contributed by atoms with van der Waals surface area (Å²) >= 11 is 6.60. The largest absolute Gasteiger partial charge is 0.462 e. The van der Waals surface area contributed by atoms with Crippen molar-refractivity contribution < 1.29 is 14.3 Å². The van der Waals surface area contributed by atoms with Crippen LogP contribution in [0.25, 0.3) is 0 Å². The summed E-state index contributed by atoms with van der Waals surface area (Å²) in [6.07, 6.45) is 2.19. The third-order valence-electron chi connectivity index (χ3n) is 5.47. The number of nitrogens with one attached hydrogen (secondary N) is 1. The van der Waals surface area contributed by atoms with Gasteiger partial charge in [0.15, 0.2) is 0 Å². The highest BCUT2D eigenvalue weighted by molar-refractivity contribution is 6.31. The summed E-state index contributed by atoms with van der Waals surface area (Å²) in [4.78, 5) is 12.0. The van der Waals surface area contributed by atoms with Gasteiger partial charge in [-0.3, -0.25) is 0 Å². The molecule has 0 aromatic heterocycles. The number of anilines is 1. The molecule has 0 bridgehead atoms. The van der Waals surface area contributed by atoms with Crippen LogP contribution in [0.4, 0.5) is 5.69 Å². The molecule has 4 nitrogen and oxygen atoms in total. The van der Waals surface area contributed by atoms with E-state index in [1.807, 2.05) is 6.07 Å². The smallest absolute Gasteiger partial charge is 0.338 e. The minimum atomic E-state index is -0.345. The van der Waals surface area contributed by atoms with Crippen LogP contribution in [0.2, 0.25) is 5.02 Å². The Bertz CT molecular complexity index is 867. The second-order valence-electron chi connectivity index (χ2n) is 7.27. The summed E-state index contributed by atoms with van der Waals surface area (Å²) in [5.74, 6) is -0.0405. The van der Waals surface area contributed by atoms with E-state index in [2.05, 4.69) is 30.4 Å². The Morgan fingerprint density at radius 3 is 2.89 bits per heavy atom. The van der Waals surface area contributed by atoms with Crippen LogP contribution < -0.4 is 5.32 Å². The highest BCUT2D eigenvalue weighted by Gasteiger charge is 2.40. The van der Waals surface area contributed by atoms with E-state index >= 15 is 0 Å². The van der Waals surface area contributed by atoms with Crippen LogP contribution in [0, 0.1) is 12.8 Å². The van der Waals surface area contributed by atoms with E-state index in [0.29, 0.717) is 23.1 Å². The van der Waals surface area contributed by atoms with E-state index in [-0.39, 0.29) is 18.1 Å². The zero-order valence-corrected chi connectivity index (χ0v) is 16.4. The molecule has 142 valence electrons. The van der Waals surface area contributed by atoms with Gasteiger partial charge in [-0.05, 0) is 50.5 Å². The van der Waals surface area contributed by atoms with Crippen LogP contribution in [-0.4, -0.2) is 19.2 Å². The predicted octanol–water partition coefficient (Wildman–Crippen LogP) is 5.46. The first-order chi connectivity index (χ1) is 13.1. The maximum Gasteiger partial charge on any atom is 0.338 e. The molecule has 2 aliphatic rings. The predicted molar refractivity (Wildman–Crippen MR) is 106 cm³/mol. The van der Waals surface area contributed by atoms with E-state index in [1.54, 1.807) is 19.1 Å². The Kier molecular flexibility index (Phi) is 5.11. The zero-order chi connectivity index (χ0) is 19.0. The van der Waals surface area contributed by atoms with Crippen molar-refractivity contribution in [2.45, 2.75) is 38.8 Å². The van der Waals surface area contributed by atoms with Gasteiger partial charge in [0.2, 0.25) is 0 Å². The number of carbonyl (C=O) groups is 1. The minimum absolute atomic E-state index is 0.0502. The van der Waals surface area contributed by atoms with Crippen molar-refractivity contribution in [3.05, 3.63) is 63.7 Å². The maximum absolute atomic E-state index is 12.0. The molecule has 0 saturated carbocycles. The molecule has 2 aromatic rings. The van der Waals surface area contributed by atoms with Crippen LogP contribution >= 0.6 is 11.6 Å². The standard InChI is InChI=1S/C22H24ClNO3/c1-3-26-22(25)14-7-8-15(18(23)12-14)20-16-5-4-10-27-21(16)17-11-13(2)6-9-19(17)24-20/h6-9,11-12,16,20-21,24H,3-5,10H2,1-2H3/t16-,20+,21-/m1/s1. The number of ether oxygens (including phenoxy) is 2. The van der Waals surface area contributed by atoms with Crippen molar-refractivity contribution in [2.75, 3.05) is 18.5 Å². The number of carbonyl (C=O) groups excluding carboxylic acids is 1. The molecule has 0 radical (unpaired) electrons. The number of esters is 1. The number of hydrogen-bond acceptors (Lipinski definition) is 4. The second-order valence-corrected chi connectivity index (χ2v) is 7.67. The molecular formula is C22H24ClNO3. The van der Waals surface area contributed by atoms with Gasteiger partial charge in [-0.1, -0.05) is 35.4 Å². The molecule has 3 atom stereocenters. The topological polar surface area (TPSA) is 47.6 Å². The first-order valence-electron chi connectivity index (χ1n) is 9.53. The number of halogens is 1. The fourth-order valence-electron chi connectivity index (χ4n) is 4.22. The first kappa shape index (κ1) is 18.3. The molecule has 1 saturated heterocycles. The summed E-state index contributed by atoms with van der Waals surface area (Å²) in [6, 6.07) is 11.9. The second kappa shape index (κ2) is 7.53. The average Bonchev–Trinajstić information content (AvgIpc) is 2.68. The molecular weight excluding hydrogens is 362 g/mol. The maximum atomic E-state index is 12.0. The molecule has 0 aliphatic carbocycles. The van der Waals surface area contributed by atoms with Gasteiger partial charge in [0, 0.05) is 28.8 Å². The molecule has 0 unspecified atom stereocenters. The Morgan fingerprint density at radius 2 is 2.11 bits per heavy atom. The SMILES string of the molecule is CCOC(=O)c1ccc([C@@H]2Nc3ccc(C)cc3[C@@H]3OCCC[C@H]23)c(Cl)c1. The van der Waals surface area contributed by atoms with E-state index in [4.69, 9.17) is 21.1 Å². The summed E-state index contributed by atoms with van der Waals surface area (Å²) in [7, 11) is 0. The van der Waals surface area contributed by atoms with E-state index < -0.39 is 0 Å². The summed E-state index contributed by atoms with van der Waals surface area (Å²) < 4.78 is 11.3. The number of hydrogen-bond donors (Lipinski definition) is 1. The highest BCUT2D eigenvalue weighted by Crippen LogP contribution is 2.50. The van der Waals surface area contributed by atoms with Crippen LogP contribution in [0.3, 0.4) is 0 Å². The molecule has 2 aromatic carbocycles. The van der Waals surface area contributed by atoms with Crippen LogP contribution in [0.5, 0.6) is 0 Å². The lowest BCUT2D eigenvalue weighted by Crippen LogP contribution is -2.36. The monoisotopic (exact) mass is 385 g/mol. The Balaban J connectivity index is 1.71. The summed E-state index contributed by atoms with van der Waals surface area (Å²) in [5, 5.41) is 4.26. The number of fused-ring (bicyclic) bond motifs is 3. The average molecular weight is 386 g/mol. The highest BCUT2D eigenvalue weighted by atomic mass is 35.5. The van der Waals surface area contributed by atoms with Crippen molar-refractivity contribution in [2.24, 2.45) is 5.92 Å². The molecule has 1 N–H and O–H groups in total. The van der Waals surface area contributed by atoms with E-state index in [9.17, 15) is 4.79 Å². The molecule has 2 aliphatic heterocycles. The van der Waals surface area contributed by atoms with Crippen molar-refractivity contribution in [3.8, 4) is 0 Å². The minimum Gasteiger partial charge on any atom is -0.462 e.